The van der Waals surface area contributed by atoms with Crippen molar-refractivity contribution < 1.29 is 9.59 Å². The Morgan fingerprint density at radius 2 is 1.63 bits per heavy atom. The highest BCUT2D eigenvalue weighted by Gasteiger charge is 2.14. The number of rotatable bonds is 7. The summed E-state index contributed by atoms with van der Waals surface area (Å²) in [6.45, 7) is 6.61. The van der Waals surface area contributed by atoms with Crippen LogP contribution in [-0.4, -0.2) is 36.3 Å². The number of nitrogens with zero attached hydrogens (tertiary/aromatic N) is 1. The summed E-state index contributed by atoms with van der Waals surface area (Å²) in [6, 6.07) is 11.0. The molecule has 0 aliphatic rings. The van der Waals surface area contributed by atoms with Crippen LogP contribution < -0.4 is 10.6 Å². The Morgan fingerprint density at radius 1 is 1.00 bits per heavy atom. The number of nitrogens with one attached hydrogen (secondary N) is 2. The summed E-state index contributed by atoms with van der Waals surface area (Å²) >= 11 is 9.43. The van der Waals surface area contributed by atoms with Crippen molar-refractivity contribution in [1.29, 1.82) is 0 Å². The summed E-state index contributed by atoms with van der Waals surface area (Å²) in [5.74, 6) is -0.354. The minimum absolute atomic E-state index is 0.119. The second-order valence-corrected chi connectivity index (χ2v) is 7.61. The Hall–Kier alpha value is -1.89. The molecule has 0 aromatic heterocycles. The van der Waals surface area contributed by atoms with Crippen molar-refractivity contribution in [1.82, 2.24) is 4.90 Å². The van der Waals surface area contributed by atoms with Crippen molar-refractivity contribution in [3.05, 3.63) is 57.0 Å². The molecule has 0 aliphatic carbocycles. The van der Waals surface area contributed by atoms with E-state index in [2.05, 4.69) is 26.6 Å². The van der Waals surface area contributed by atoms with Gasteiger partial charge in [0.2, 0.25) is 11.8 Å². The van der Waals surface area contributed by atoms with Gasteiger partial charge in [0.25, 0.3) is 0 Å². The highest BCUT2D eigenvalue weighted by atomic mass is 79.9. The van der Waals surface area contributed by atoms with E-state index >= 15 is 0 Å². The highest BCUT2D eigenvalue weighted by molar-refractivity contribution is 9.10. The lowest BCUT2D eigenvalue weighted by molar-refractivity contribution is -0.119. The predicted octanol–water partition coefficient (Wildman–Crippen LogP) is 4.62. The second kappa shape index (κ2) is 9.88. The summed E-state index contributed by atoms with van der Waals surface area (Å²) in [4.78, 5) is 26.4. The quantitative estimate of drug-likeness (QED) is 0.644. The first-order valence-electron chi connectivity index (χ1n) is 8.63. The number of carbonyl (C=O) groups is 2. The summed E-state index contributed by atoms with van der Waals surface area (Å²) in [6.07, 6.45) is 0. The average Bonchev–Trinajstić information content (AvgIpc) is 2.60. The fourth-order valence-corrected chi connectivity index (χ4v) is 3.03. The third kappa shape index (κ3) is 6.65. The van der Waals surface area contributed by atoms with E-state index in [1.165, 1.54) is 0 Å². The van der Waals surface area contributed by atoms with Crippen LogP contribution >= 0.6 is 27.5 Å². The first-order valence-corrected chi connectivity index (χ1v) is 9.80. The van der Waals surface area contributed by atoms with Crippen LogP contribution in [0.2, 0.25) is 5.02 Å². The maximum atomic E-state index is 12.3. The van der Waals surface area contributed by atoms with Gasteiger partial charge in [0.15, 0.2) is 0 Å². The van der Waals surface area contributed by atoms with E-state index in [1.54, 1.807) is 17.0 Å². The Morgan fingerprint density at radius 3 is 2.26 bits per heavy atom. The first kappa shape index (κ1) is 21.4. The zero-order chi connectivity index (χ0) is 20.0. The number of carbonyl (C=O) groups excluding carboxylic acids is 2. The Kier molecular flexibility index (Phi) is 7.83. The number of anilines is 2. The smallest absolute Gasteiger partial charge is 0.238 e. The number of halogens is 2. The van der Waals surface area contributed by atoms with Crippen molar-refractivity contribution >= 4 is 50.7 Å². The van der Waals surface area contributed by atoms with Crippen LogP contribution in [0.5, 0.6) is 0 Å². The molecule has 2 N–H and O–H groups in total. The SMILES string of the molecule is CCN(CC(=O)Nc1ccc(C)c(Br)c1)CC(=O)Nc1cc(Cl)ccc1C. The van der Waals surface area contributed by atoms with Crippen molar-refractivity contribution in [3.8, 4) is 0 Å². The van der Waals surface area contributed by atoms with Crippen molar-refractivity contribution in [2.45, 2.75) is 20.8 Å². The molecule has 2 rings (SSSR count). The molecule has 0 unspecified atom stereocenters. The van der Waals surface area contributed by atoms with E-state index in [0.717, 1.165) is 15.6 Å². The topological polar surface area (TPSA) is 61.4 Å². The van der Waals surface area contributed by atoms with Gasteiger partial charge in [-0.15, -0.1) is 0 Å². The Bertz CT molecular complexity index is 842. The first-order chi connectivity index (χ1) is 12.8. The molecule has 0 heterocycles. The fourth-order valence-electron chi connectivity index (χ4n) is 2.48. The Labute approximate surface area is 173 Å². The van der Waals surface area contributed by atoms with Gasteiger partial charge in [0.1, 0.15) is 0 Å². The van der Waals surface area contributed by atoms with E-state index < -0.39 is 0 Å². The van der Waals surface area contributed by atoms with Crippen LogP contribution in [0.3, 0.4) is 0 Å². The third-order valence-electron chi connectivity index (χ3n) is 4.11. The monoisotopic (exact) mass is 451 g/mol. The number of aryl methyl sites for hydroxylation is 2. The van der Waals surface area contributed by atoms with Crippen molar-refractivity contribution in [3.63, 3.8) is 0 Å². The fraction of sp³-hybridized carbons (Fsp3) is 0.300. The van der Waals surface area contributed by atoms with Gasteiger partial charge in [-0.2, -0.15) is 0 Å². The number of likely N-dealkylation sites (N-methyl/N-ethyl adjacent to an activating group) is 1. The van der Waals surface area contributed by atoms with Crippen molar-refractivity contribution in [2.75, 3.05) is 30.3 Å². The van der Waals surface area contributed by atoms with E-state index in [-0.39, 0.29) is 24.9 Å². The Balaban J connectivity index is 1.91. The third-order valence-corrected chi connectivity index (χ3v) is 5.20. The standard InChI is InChI=1S/C20H23BrClN3O2/c1-4-25(11-19(26)23-16-8-6-13(2)17(21)10-16)12-20(27)24-18-9-15(22)7-5-14(18)3/h5-10H,4,11-12H2,1-3H3,(H,23,26)(H,24,27). The molecule has 0 radical (unpaired) electrons. The number of hydrogen-bond acceptors (Lipinski definition) is 3. The van der Waals surface area contributed by atoms with E-state index in [9.17, 15) is 9.59 Å². The largest absolute Gasteiger partial charge is 0.325 e. The maximum Gasteiger partial charge on any atom is 0.238 e. The maximum absolute atomic E-state index is 12.3. The molecule has 0 spiro atoms. The van der Waals surface area contributed by atoms with Crippen LogP contribution in [0, 0.1) is 13.8 Å². The van der Waals surface area contributed by atoms with E-state index in [1.807, 2.05) is 45.0 Å². The van der Waals surface area contributed by atoms with Crippen LogP contribution in [-0.2, 0) is 9.59 Å². The normalized spacial score (nSPS) is 10.7. The molecule has 0 fully saturated rings. The lowest BCUT2D eigenvalue weighted by atomic mass is 10.2. The van der Waals surface area contributed by atoms with Crippen molar-refractivity contribution in [2.24, 2.45) is 0 Å². The van der Waals surface area contributed by atoms with Gasteiger partial charge in [-0.1, -0.05) is 46.6 Å². The second-order valence-electron chi connectivity index (χ2n) is 6.32. The molecule has 0 aliphatic heterocycles. The van der Waals surface area contributed by atoms with Crippen LogP contribution in [0.1, 0.15) is 18.1 Å². The highest BCUT2D eigenvalue weighted by Crippen LogP contribution is 2.21. The molecule has 0 saturated carbocycles. The van der Waals surface area contributed by atoms with Crippen LogP contribution in [0.15, 0.2) is 40.9 Å². The molecular weight excluding hydrogens is 430 g/mol. The zero-order valence-corrected chi connectivity index (χ0v) is 17.9. The molecule has 0 bridgehead atoms. The average molecular weight is 453 g/mol. The van der Waals surface area contributed by atoms with E-state index in [0.29, 0.717) is 22.9 Å². The minimum atomic E-state index is -0.187. The number of amides is 2. The van der Waals surface area contributed by atoms with Crippen LogP contribution in [0.25, 0.3) is 0 Å². The molecular formula is C20H23BrClN3O2. The molecule has 7 heteroatoms. The molecule has 0 atom stereocenters. The van der Waals surface area contributed by atoms with Crippen LogP contribution in [0.4, 0.5) is 11.4 Å². The van der Waals surface area contributed by atoms with Gasteiger partial charge in [-0.25, -0.2) is 0 Å². The summed E-state index contributed by atoms with van der Waals surface area (Å²) in [7, 11) is 0. The molecule has 2 aromatic rings. The molecule has 5 nitrogen and oxygen atoms in total. The zero-order valence-electron chi connectivity index (χ0n) is 15.6. The number of benzene rings is 2. The summed E-state index contributed by atoms with van der Waals surface area (Å²) < 4.78 is 0.934. The molecule has 2 aromatic carbocycles. The predicted molar refractivity (Wildman–Crippen MR) is 114 cm³/mol. The number of hydrogen-bond donors (Lipinski definition) is 2. The van der Waals surface area contributed by atoms with Gasteiger partial charge >= 0.3 is 0 Å². The molecule has 144 valence electrons. The van der Waals surface area contributed by atoms with Gasteiger partial charge in [0.05, 0.1) is 13.1 Å². The van der Waals surface area contributed by atoms with Gasteiger partial charge < -0.3 is 10.6 Å². The minimum Gasteiger partial charge on any atom is -0.325 e. The molecule has 0 saturated heterocycles. The lowest BCUT2D eigenvalue weighted by Crippen LogP contribution is -2.38. The molecule has 27 heavy (non-hydrogen) atoms. The summed E-state index contributed by atoms with van der Waals surface area (Å²) in [5.41, 5.74) is 3.42. The molecule has 2 amide bonds. The van der Waals surface area contributed by atoms with Gasteiger partial charge in [-0.3, -0.25) is 14.5 Å². The van der Waals surface area contributed by atoms with E-state index in [4.69, 9.17) is 11.6 Å². The lowest BCUT2D eigenvalue weighted by Gasteiger charge is -2.20. The van der Waals surface area contributed by atoms with Gasteiger partial charge in [0, 0.05) is 20.9 Å². The summed E-state index contributed by atoms with van der Waals surface area (Å²) in [5, 5.41) is 6.27. The van der Waals surface area contributed by atoms with Gasteiger partial charge in [-0.05, 0) is 55.8 Å².